The van der Waals surface area contributed by atoms with Crippen LogP contribution in [0.25, 0.3) is 11.3 Å². The number of hydrogen-bond acceptors (Lipinski definition) is 4. The fraction of sp³-hybridized carbons (Fsp3) is 0.412. The minimum absolute atomic E-state index is 0.0287. The lowest BCUT2D eigenvalue weighted by Crippen LogP contribution is -2.14. The second-order valence-electron chi connectivity index (χ2n) is 5.69. The molecule has 1 fully saturated rings. The van der Waals surface area contributed by atoms with E-state index >= 15 is 0 Å². The van der Waals surface area contributed by atoms with Crippen LogP contribution in [0.1, 0.15) is 34.8 Å². The number of nitrogens with zero attached hydrogens (tertiary/aromatic N) is 2. The molecule has 1 N–H and O–H groups in total. The van der Waals surface area contributed by atoms with Crippen LogP contribution in [0.5, 0.6) is 5.75 Å². The molecule has 0 aliphatic carbocycles. The van der Waals surface area contributed by atoms with E-state index in [-0.39, 0.29) is 5.69 Å². The minimum Gasteiger partial charge on any atom is -0.496 e. The molecule has 1 aliphatic heterocycles. The summed E-state index contributed by atoms with van der Waals surface area (Å²) >= 11 is 0. The molecule has 1 saturated heterocycles. The van der Waals surface area contributed by atoms with Crippen LogP contribution in [-0.2, 0) is 11.8 Å². The number of carbonyl (C=O) groups is 1. The maximum atomic E-state index is 11.1. The summed E-state index contributed by atoms with van der Waals surface area (Å²) in [6.45, 7) is 1.56. The van der Waals surface area contributed by atoms with Gasteiger partial charge in [0.05, 0.1) is 12.8 Å². The summed E-state index contributed by atoms with van der Waals surface area (Å²) in [7, 11) is 3.35. The molecule has 3 rings (SSSR count). The molecule has 2 aromatic rings. The molecule has 1 aliphatic rings. The van der Waals surface area contributed by atoms with E-state index in [4.69, 9.17) is 14.6 Å². The van der Waals surface area contributed by atoms with E-state index in [1.807, 2.05) is 6.07 Å². The van der Waals surface area contributed by atoms with E-state index in [0.29, 0.717) is 11.7 Å². The van der Waals surface area contributed by atoms with Gasteiger partial charge >= 0.3 is 5.97 Å². The van der Waals surface area contributed by atoms with E-state index < -0.39 is 5.97 Å². The van der Waals surface area contributed by atoms with Crippen LogP contribution < -0.4 is 4.74 Å². The van der Waals surface area contributed by atoms with Gasteiger partial charge in [0, 0.05) is 25.8 Å². The monoisotopic (exact) mass is 316 g/mol. The van der Waals surface area contributed by atoms with Crippen LogP contribution in [0.2, 0.25) is 0 Å². The molecule has 0 spiro atoms. The zero-order chi connectivity index (χ0) is 16.4. The Morgan fingerprint density at radius 2 is 2.09 bits per heavy atom. The Morgan fingerprint density at radius 1 is 1.35 bits per heavy atom. The first-order valence-corrected chi connectivity index (χ1v) is 7.63. The van der Waals surface area contributed by atoms with Gasteiger partial charge in [-0.25, -0.2) is 4.79 Å². The van der Waals surface area contributed by atoms with Gasteiger partial charge in [-0.1, -0.05) is 6.07 Å². The van der Waals surface area contributed by atoms with Gasteiger partial charge in [0.15, 0.2) is 5.69 Å². The van der Waals surface area contributed by atoms with Crippen LogP contribution in [0.3, 0.4) is 0 Å². The predicted octanol–water partition coefficient (Wildman–Crippen LogP) is 2.69. The molecular weight excluding hydrogens is 296 g/mol. The van der Waals surface area contributed by atoms with Crippen molar-refractivity contribution in [3.63, 3.8) is 0 Å². The van der Waals surface area contributed by atoms with Crippen molar-refractivity contribution in [2.75, 3.05) is 20.3 Å². The van der Waals surface area contributed by atoms with Crippen molar-refractivity contribution in [2.45, 2.75) is 18.8 Å². The second kappa shape index (κ2) is 6.42. The summed E-state index contributed by atoms with van der Waals surface area (Å²) < 4.78 is 12.5. The Morgan fingerprint density at radius 3 is 2.70 bits per heavy atom. The van der Waals surface area contributed by atoms with Gasteiger partial charge in [-0.05, 0) is 42.5 Å². The summed E-state index contributed by atoms with van der Waals surface area (Å²) in [4.78, 5) is 11.1. The molecule has 1 aromatic heterocycles. The van der Waals surface area contributed by atoms with E-state index in [1.165, 1.54) is 5.56 Å². The van der Waals surface area contributed by atoms with Crippen molar-refractivity contribution in [3.05, 3.63) is 35.5 Å². The number of hydrogen-bond donors (Lipinski definition) is 1. The average Bonchev–Trinajstić information content (AvgIpc) is 2.97. The highest BCUT2D eigenvalue weighted by molar-refractivity contribution is 5.87. The van der Waals surface area contributed by atoms with Crippen molar-refractivity contribution >= 4 is 5.97 Å². The van der Waals surface area contributed by atoms with Crippen LogP contribution >= 0.6 is 0 Å². The number of aromatic nitrogens is 2. The summed E-state index contributed by atoms with van der Waals surface area (Å²) in [5, 5.41) is 13.2. The standard InChI is InChI=1S/C17H20N2O4/c1-19-15(10-14(18-19)17(20)21)13-9-12(3-4-16(13)22-2)11-5-7-23-8-6-11/h3-4,9-11H,5-8H2,1-2H3,(H,20,21). The number of carboxylic acid groups (broad SMARTS) is 1. The number of carboxylic acids is 1. The van der Waals surface area contributed by atoms with Gasteiger partial charge in [-0.2, -0.15) is 5.10 Å². The number of benzene rings is 1. The Kier molecular flexibility index (Phi) is 4.34. The maximum absolute atomic E-state index is 11.1. The number of methoxy groups -OCH3 is 1. The molecule has 23 heavy (non-hydrogen) atoms. The first kappa shape index (κ1) is 15.6. The van der Waals surface area contributed by atoms with Crippen LogP contribution in [-0.4, -0.2) is 41.2 Å². The topological polar surface area (TPSA) is 73.6 Å². The third kappa shape index (κ3) is 3.07. The maximum Gasteiger partial charge on any atom is 0.356 e. The fourth-order valence-corrected chi connectivity index (χ4v) is 3.03. The van der Waals surface area contributed by atoms with E-state index in [0.717, 1.165) is 37.3 Å². The number of aromatic carboxylic acids is 1. The Bertz CT molecular complexity index is 717. The lowest BCUT2D eigenvalue weighted by Gasteiger charge is -2.23. The largest absolute Gasteiger partial charge is 0.496 e. The minimum atomic E-state index is -1.04. The van der Waals surface area contributed by atoms with Crippen molar-refractivity contribution in [3.8, 4) is 17.0 Å². The van der Waals surface area contributed by atoms with E-state index in [1.54, 1.807) is 24.9 Å². The lowest BCUT2D eigenvalue weighted by molar-refractivity contribution is 0.0689. The summed E-state index contributed by atoms with van der Waals surface area (Å²) in [5.41, 5.74) is 2.84. The van der Waals surface area contributed by atoms with Crippen LogP contribution in [0.4, 0.5) is 0 Å². The Labute approximate surface area is 134 Å². The van der Waals surface area contributed by atoms with Gasteiger partial charge in [0.1, 0.15) is 5.75 Å². The van der Waals surface area contributed by atoms with E-state index in [2.05, 4.69) is 17.2 Å². The Hall–Kier alpha value is -2.34. The molecule has 0 radical (unpaired) electrons. The van der Waals surface area contributed by atoms with Gasteiger partial charge in [0.2, 0.25) is 0 Å². The molecule has 0 amide bonds. The van der Waals surface area contributed by atoms with Gasteiger partial charge in [0.25, 0.3) is 0 Å². The number of ether oxygens (including phenoxy) is 2. The fourth-order valence-electron chi connectivity index (χ4n) is 3.03. The van der Waals surface area contributed by atoms with Gasteiger partial charge in [-0.15, -0.1) is 0 Å². The van der Waals surface area contributed by atoms with Crippen molar-refractivity contribution in [1.82, 2.24) is 9.78 Å². The molecule has 0 bridgehead atoms. The van der Waals surface area contributed by atoms with Crippen molar-refractivity contribution < 1.29 is 19.4 Å². The first-order valence-electron chi connectivity index (χ1n) is 7.63. The van der Waals surface area contributed by atoms with Crippen molar-refractivity contribution in [1.29, 1.82) is 0 Å². The third-order valence-corrected chi connectivity index (χ3v) is 4.29. The number of rotatable bonds is 4. The van der Waals surface area contributed by atoms with E-state index in [9.17, 15) is 4.79 Å². The predicted molar refractivity (Wildman–Crippen MR) is 84.9 cm³/mol. The van der Waals surface area contributed by atoms with Gasteiger partial charge in [-0.3, -0.25) is 4.68 Å². The highest BCUT2D eigenvalue weighted by Gasteiger charge is 2.20. The summed E-state index contributed by atoms with van der Waals surface area (Å²) in [6.07, 6.45) is 2.00. The first-order chi connectivity index (χ1) is 11.1. The second-order valence-corrected chi connectivity index (χ2v) is 5.69. The quantitative estimate of drug-likeness (QED) is 0.939. The van der Waals surface area contributed by atoms with Crippen LogP contribution in [0, 0.1) is 0 Å². The summed E-state index contributed by atoms with van der Waals surface area (Å²) in [6, 6.07) is 7.67. The molecule has 0 saturated carbocycles. The van der Waals surface area contributed by atoms with Gasteiger partial charge < -0.3 is 14.6 Å². The van der Waals surface area contributed by atoms with Crippen molar-refractivity contribution in [2.24, 2.45) is 7.05 Å². The molecule has 6 heteroatoms. The highest BCUT2D eigenvalue weighted by atomic mass is 16.5. The third-order valence-electron chi connectivity index (χ3n) is 4.29. The molecule has 6 nitrogen and oxygen atoms in total. The normalized spacial score (nSPS) is 15.6. The zero-order valence-corrected chi connectivity index (χ0v) is 13.3. The molecule has 0 atom stereocenters. The smallest absolute Gasteiger partial charge is 0.356 e. The Balaban J connectivity index is 2.04. The SMILES string of the molecule is COc1ccc(C2CCOCC2)cc1-c1cc(C(=O)O)nn1C. The molecule has 0 unspecified atom stereocenters. The molecule has 1 aromatic carbocycles. The lowest BCUT2D eigenvalue weighted by atomic mass is 9.90. The molecular formula is C17H20N2O4. The number of aryl methyl sites for hydroxylation is 1. The summed E-state index contributed by atoms with van der Waals surface area (Å²) in [5.74, 6) is 0.132. The highest BCUT2D eigenvalue weighted by Crippen LogP contribution is 2.35. The molecule has 122 valence electrons. The zero-order valence-electron chi connectivity index (χ0n) is 13.3. The average molecular weight is 316 g/mol. The van der Waals surface area contributed by atoms with Crippen LogP contribution in [0.15, 0.2) is 24.3 Å². The molecule has 2 heterocycles.